The first-order valence-corrected chi connectivity index (χ1v) is 9.86. The fraction of sp³-hybridized carbons (Fsp3) is 0.478. The molecule has 0 unspecified atom stereocenters. The van der Waals surface area contributed by atoms with Crippen molar-refractivity contribution in [3.05, 3.63) is 65.7 Å². The van der Waals surface area contributed by atoms with Crippen LogP contribution in [0.4, 0.5) is 0 Å². The normalized spacial score (nSPS) is 19.0. The van der Waals surface area contributed by atoms with E-state index in [-0.39, 0.29) is 11.7 Å². The SMILES string of the molecule is CC(C)C[C@](O)(c1ccc(O)cc1)[C@H](CN1CCOCC1)c1ccccc1. The van der Waals surface area contributed by atoms with Crippen molar-refractivity contribution in [1.82, 2.24) is 4.90 Å². The summed E-state index contributed by atoms with van der Waals surface area (Å²) in [6, 6.07) is 17.3. The molecule has 0 aliphatic carbocycles. The number of hydrogen-bond donors (Lipinski definition) is 2. The van der Waals surface area contributed by atoms with Crippen molar-refractivity contribution in [1.29, 1.82) is 0 Å². The van der Waals surface area contributed by atoms with Crippen molar-refractivity contribution in [3.8, 4) is 5.75 Å². The maximum Gasteiger partial charge on any atom is 0.115 e. The summed E-state index contributed by atoms with van der Waals surface area (Å²) >= 11 is 0. The van der Waals surface area contributed by atoms with Gasteiger partial charge < -0.3 is 14.9 Å². The minimum atomic E-state index is -1.01. The molecule has 4 nitrogen and oxygen atoms in total. The van der Waals surface area contributed by atoms with Gasteiger partial charge in [-0.15, -0.1) is 0 Å². The summed E-state index contributed by atoms with van der Waals surface area (Å²) in [5.74, 6) is 0.485. The molecule has 0 aromatic heterocycles. The van der Waals surface area contributed by atoms with E-state index in [1.54, 1.807) is 12.1 Å². The molecule has 1 aliphatic rings. The lowest BCUT2D eigenvalue weighted by Gasteiger charge is -2.41. The van der Waals surface area contributed by atoms with Gasteiger partial charge in [0.05, 0.1) is 18.8 Å². The zero-order valence-corrected chi connectivity index (χ0v) is 16.3. The van der Waals surface area contributed by atoms with Crippen molar-refractivity contribution in [2.75, 3.05) is 32.8 Å². The summed E-state index contributed by atoms with van der Waals surface area (Å²) in [5.41, 5.74) is 0.984. The van der Waals surface area contributed by atoms with E-state index in [9.17, 15) is 10.2 Å². The van der Waals surface area contributed by atoms with Gasteiger partial charge >= 0.3 is 0 Å². The fourth-order valence-corrected chi connectivity index (χ4v) is 4.09. The minimum Gasteiger partial charge on any atom is -0.508 e. The number of hydrogen-bond acceptors (Lipinski definition) is 4. The van der Waals surface area contributed by atoms with E-state index in [0.29, 0.717) is 12.3 Å². The first kappa shape index (κ1) is 19.9. The first-order chi connectivity index (χ1) is 13.0. The maximum atomic E-state index is 12.0. The Morgan fingerprint density at radius 2 is 1.63 bits per heavy atom. The average Bonchev–Trinajstić information content (AvgIpc) is 2.67. The summed E-state index contributed by atoms with van der Waals surface area (Å²) in [5, 5.41) is 21.8. The van der Waals surface area contributed by atoms with E-state index in [2.05, 4.69) is 30.9 Å². The van der Waals surface area contributed by atoms with Crippen molar-refractivity contribution in [2.24, 2.45) is 5.92 Å². The fourth-order valence-electron chi connectivity index (χ4n) is 4.09. The number of morpholine rings is 1. The van der Waals surface area contributed by atoms with Gasteiger partial charge in [-0.25, -0.2) is 0 Å². The molecule has 0 spiro atoms. The van der Waals surface area contributed by atoms with E-state index in [0.717, 1.165) is 44.0 Å². The van der Waals surface area contributed by atoms with Crippen LogP contribution in [0.2, 0.25) is 0 Å². The van der Waals surface area contributed by atoms with Gasteiger partial charge in [0, 0.05) is 25.6 Å². The van der Waals surface area contributed by atoms with Crippen molar-refractivity contribution >= 4 is 0 Å². The topological polar surface area (TPSA) is 52.9 Å². The summed E-state index contributed by atoms with van der Waals surface area (Å²) in [6.45, 7) is 8.31. The number of nitrogens with zero attached hydrogens (tertiary/aromatic N) is 1. The highest BCUT2D eigenvalue weighted by Crippen LogP contribution is 2.42. The predicted molar refractivity (Wildman–Crippen MR) is 108 cm³/mol. The predicted octanol–water partition coefficient (Wildman–Crippen LogP) is 3.74. The van der Waals surface area contributed by atoms with Gasteiger partial charge in [-0.05, 0) is 35.6 Å². The molecular weight excluding hydrogens is 338 g/mol. The molecule has 2 aromatic rings. The number of phenolic OH excluding ortho intramolecular Hbond substituents is 1. The molecule has 4 heteroatoms. The highest BCUT2D eigenvalue weighted by atomic mass is 16.5. The third kappa shape index (κ3) is 4.89. The van der Waals surface area contributed by atoms with Crippen molar-refractivity contribution < 1.29 is 14.9 Å². The van der Waals surface area contributed by atoms with Gasteiger partial charge in [-0.2, -0.15) is 0 Å². The zero-order valence-electron chi connectivity index (χ0n) is 16.3. The molecule has 0 amide bonds. The van der Waals surface area contributed by atoms with Crippen molar-refractivity contribution in [3.63, 3.8) is 0 Å². The standard InChI is InChI=1S/C23H31NO3/c1-18(2)16-23(26,20-8-10-21(25)11-9-20)22(19-6-4-3-5-7-19)17-24-12-14-27-15-13-24/h3-11,18,22,25-26H,12-17H2,1-2H3/t22-,23+/m1/s1. The third-order valence-corrected chi connectivity index (χ3v) is 5.41. The quantitative estimate of drug-likeness (QED) is 0.781. The second kappa shape index (κ2) is 8.87. The number of ether oxygens (including phenoxy) is 1. The van der Waals surface area contributed by atoms with E-state index < -0.39 is 5.60 Å². The Hall–Kier alpha value is -1.88. The molecule has 1 aliphatic heterocycles. The van der Waals surface area contributed by atoms with Gasteiger partial charge in [-0.3, -0.25) is 4.90 Å². The van der Waals surface area contributed by atoms with E-state index in [1.165, 1.54) is 0 Å². The average molecular weight is 370 g/mol. The van der Waals surface area contributed by atoms with Crippen LogP contribution in [0.15, 0.2) is 54.6 Å². The summed E-state index contributed by atoms with van der Waals surface area (Å²) < 4.78 is 5.50. The molecule has 2 N–H and O–H groups in total. The van der Waals surface area contributed by atoms with E-state index in [1.807, 2.05) is 30.3 Å². The molecule has 0 radical (unpaired) electrons. The molecule has 146 valence electrons. The lowest BCUT2D eigenvalue weighted by Crippen LogP contribution is -2.45. The zero-order chi connectivity index (χ0) is 19.3. The Morgan fingerprint density at radius 3 is 2.22 bits per heavy atom. The first-order valence-electron chi connectivity index (χ1n) is 9.86. The Morgan fingerprint density at radius 1 is 1.00 bits per heavy atom. The van der Waals surface area contributed by atoms with Gasteiger partial charge in [0.1, 0.15) is 5.75 Å². The number of aromatic hydroxyl groups is 1. The Labute approximate surface area is 162 Å². The molecule has 1 heterocycles. The third-order valence-electron chi connectivity index (χ3n) is 5.41. The second-order valence-electron chi connectivity index (χ2n) is 7.95. The highest BCUT2D eigenvalue weighted by Gasteiger charge is 2.41. The molecule has 3 rings (SSSR count). The van der Waals surface area contributed by atoms with Gasteiger partial charge in [-0.1, -0.05) is 56.3 Å². The van der Waals surface area contributed by atoms with E-state index >= 15 is 0 Å². The molecular formula is C23H31NO3. The Kier molecular flexibility index (Phi) is 6.53. The Bertz CT molecular complexity index is 695. The number of benzene rings is 2. The summed E-state index contributed by atoms with van der Waals surface area (Å²) in [4.78, 5) is 2.38. The van der Waals surface area contributed by atoms with Crippen LogP contribution in [0.3, 0.4) is 0 Å². The summed E-state index contributed by atoms with van der Waals surface area (Å²) in [7, 11) is 0. The minimum absolute atomic E-state index is 0.0660. The monoisotopic (exact) mass is 369 g/mol. The highest BCUT2D eigenvalue weighted by molar-refractivity contribution is 5.35. The second-order valence-corrected chi connectivity index (χ2v) is 7.95. The van der Waals surface area contributed by atoms with Crippen LogP contribution in [0.5, 0.6) is 5.75 Å². The molecule has 1 fully saturated rings. The Balaban J connectivity index is 2.01. The van der Waals surface area contributed by atoms with Crippen LogP contribution in [0.1, 0.15) is 37.3 Å². The van der Waals surface area contributed by atoms with Crippen LogP contribution < -0.4 is 0 Å². The largest absolute Gasteiger partial charge is 0.508 e. The smallest absolute Gasteiger partial charge is 0.115 e. The molecule has 1 saturated heterocycles. The molecule has 27 heavy (non-hydrogen) atoms. The van der Waals surface area contributed by atoms with Gasteiger partial charge in [0.15, 0.2) is 0 Å². The molecule has 2 atom stereocenters. The summed E-state index contributed by atoms with van der Waals surface area (Å²) in [6.07, 6.45) is 0.654. The van der Waals surface area contributed by atoms with Crippen LogP contribution in [0.25, 0.3) is 0 Å². The molecule has 0 bridgehead atoms. The lowest BCUT2D eigenvalue weighted by molar-refractivity contribution is -0.0356. The lowest BCUT2D eigenvalue weighted by atomic mass is 9.72. The van der Waals surface area contributed by atoms with Crippen molar-refractivity contribution in [2.45, 2.75) is 31.8 Å². The molecule has 2 aromatic carbocycles. The van der Waals surface area contributed by atoms with E-state index in [4.69, 9.17) is 4.74 Å². The maximum absolute atomic E-state index is 12.0. The van der Waals surface area contributed by atoms with Crippen LogP contribution in [0, 0.1) is 5.92 Å². The van der Waals surface area contributed by atoms with Gasteiger partial charge in [0.25, 0.3) is 0 Å². The molecule has 0 saturated carbocycles. The van der Waals surface area contributed by atoms with Crippen LogP contribution in [-0.4, -0.2) is 48.0 Å². The van der Waals surface area contributed by atoms with Crippen LogP contribution in [-0.2, 0) is 10.3 Å². The number of aliphatic hydroxyl groups is 1. The van der Waals surface area contributed by atoms with Crippen LogP contribution >= 0.6 is 0 Å². The van der Waals surface area contributed by atoms with Gasteiger partial charge in [0.2, 0.25) is 0 Å². The number of rotatable bonds is 7. The number of phenols is 1.